The molecule has 0 unspecified atom stereocenters. The highest BCUT2D eigenvalue weighted by molar-refractivity contribution is 7.98. The summed E-state index contributed by atoms with van der Waals surface area (Å²) in [6, 6.07) is -0.533. The van der Waals surface area contributed by atoms with Crippen molar-refractivity contribution < 1.29 is 14.3 Å². The lowest BCUT2D eigenvalue weighted by Gasteiger charge is -2.15. The van der Waals surface area contributed by atoms with E-state index in [-0.39, 0.29) is 11.9 Å². The summed E-state index contributed by atoms with van der Waals surface area (Å²) in [5.41, 5.74) is 0. The summed E-state index contributed by atoms with van der Waals surface area (Å²) in [5.74, 6) is 0.299. The van der Waals surface area contributed by atoms with E-state index in [0.717, 1.165) is 25.0 Å². The SMILES string of the molecule is CCCCC=CCC(=O)N[C@@H](CCSC)C(=O)OC. The number of nitrogens with one attached hydrogen (secondary N) is 1. The lowest BCUT2D eigenvalue weighted by atomic mass is 10.2. The molecule has 0 rings (SSSR count). The Kier molecular flexibility index (Phi) is 11.5. The third-order valence-electron chi connectivity index (χ3n) is 2.63. The van der Waals surface area contributed by atoms with E-state index < -0.39 is 6.04 Å². The summed E-state index contributed by atoms with van der Waals surface area (Å²) in [6.07, 6.45) is 10.0. The number of carbonyl (C=O) groups excluding carboxylic acids is 2. The topological polar surface area (TPSA) is 55.4 Å². The van der Waals surface area contributed by atoms with E-state index in [1.54, 1.807) is 11.8 Å². The van der Waals surface area contributed by atoms with Crippen LogP contribution in [-0.4, -0.2) is 37.0 Å². The van der Waals surface area contributed by atoms with Crippen LogP contribution in [0.1, 0.15) is 39.0 Å². The number of hydrogen-bond acceptors (Lipinski definition) is 4. The molecule has 0 radical (unpaired) electrons. The molecule has 0 aromatic carbocycles. The molecule has 5 heteroatoms. The van der Waals surface area contributed by atoms with Crippen LogP contribution in [0.2, 0.25) is 0 Å². The van der Waals surface area contributed by atoms with Gasteiger partial charge in [-0.2, -0.15) is 11.8 Å². The van der Waals surface area contributed by atoms with Gasteiger partial charge in [-0.15, -0.1) is 0 Å². The molecule has 0 aliphatic rings. The molecule has 4 nitrogen and oxygen atoms in total. The van der Waals surface area contributed by atoms with Gasteiger partial charge in [0.1, 0.15) is 6.04 Å². The van der Waals surface area contributed by atoms with Crippen LogP contribution in [0.4, 0.5) is 0 Å². The molecule has 1 amide bonds. The lowest BCUT2D eigenvalue weighted by Crippen LogP contribution is -2.41. The molecule has 0 aliphatic heterocycles. The Morgan fingerprint density at radius 3 is 2.68 bits per heavy atom. The van der Waals surface area contributed by atoms with Crippen molar-refractivity contribution in [2.45, 2.75) is 45.1 Å². The zero-order chi connectivity index (χ0) is 14.5. The van der Waals surface area contributed by atoms with Crippen molar-refractivity contribution in [1.29, 1.82) is 0 Å². The molecular weight excluding hydrogens is 262 g/mol. The van der Waals surface area contributed by atoms with Gasteiger partial charge in [0.25, 0.3) is 0 Å². The minimum Gasteiger partial charge on any atom is -0.467 e. The summed E-state index contributed by atoms with van der Waals surface area (Å²) in [4.78, 5) is 23.2. The van der Waals surface area contributed by atoms with E-state index in [0.29, 0.717) is 12.8 Å². The molecular formula is C14H25NO3S. The predicted octanol–water partition coefficient (Wildman–Crippen LogP) is 2.53. The quantitative estimate of drug-likeness (QED) is 0.381. The van der Waals surface area contributed by atoms with Crippen molar-refractivity contribution in [3.05, 3.63) is 12.2 Å². The molecule has 0 saturated carbocycles. The number of allylic oxidation sites excluding steroid dienone is 1. The van der Waals surface area contributed by atoms with Gasteiger partial charge in [-0.3, -0.25) is 4.79 Å². The minimum atomic E-state index is -0.533. The highest BCUT2D eigenvalue weighted by Crippen LogP contribution is 2.03. The normalized spacial score (nSPS) is 12.4. The number of ether oxygens (including phenoxy) is 1. The fourth-order valence-electron chi connectivity index (χ4n) is 1.51. The molecule has 1 atom stereocenters. The van der Waals surface area contributed by atoms with E-state index in [2.05, 4.69) is 17.0 Å². The first-order valence-electron chi connectivity index (χ1n) is 6.66. The molecule has 0 heterocycles. The highest BCUT2D eigenvalue weighted by Gasteiger charge is 2.20. The molecule has 110 valence electrons. The van der Waals surface area contributed by atoms with E-state index in [4.69, 9.17) is 0 Å². The van der Waals surface area contributed by atoms with Gasteiger partial charge in [-0.25, -0.2) is 4.79 Å². The van der Waals surface area contributed by atoms with Gasteiger partial charge >= 0.3 is 5.97 Å². The minimum absolute atomic E-state index is 0.135. The van der Waals surface area contributed by atoms with E-state index in [1.807, 2.05) is 18.4 Å². The first-order chi connectivity index (χ1) is 9.15. The van der Waals surface area contributed by atoms with Crippen LogP contribution < -0.4 is 5.32 Å². The second-order valence-electron chi connectivity index (χ2n) is 4.24. The molecule has 0 spiro atoms. The number of rotatable bonds is 10. The Morgan fingerprint density at radius 1 is 1.37 bits per heavy atom. The average molecular weight is 287 g/mol. The number of amides is 1. The summed E-state index contributed by atoms with van der Waals surface area (Å²) >= 11 is 1.64. The van der Waals surface area contributed by atoms with E-state index >= 15 is 0 Å². The van der Waals surface area contributed by atoms with Crippen molar-refractivity contribution in [2.24, 2.45) is 0 Å². The van der Waals surface area contributed by atoms with Gasteiger partial charge in [-0.05, 0) is 24.9 Å². The van der Waals surface area contributed by atoms with Crippen LogP contribution in [-0.2, 0) is 14.3 Å². The third-order valence-corrected chi connectivity index (χ3v) is 3.27. The number of thioether (sulfide) groups is 1. The van der Waals surface area contributed by atoms with Crippen molar-refractivity contribution in [3.8, 4) is 0 Å². The van der Waals surface area contributed by atoms with Crippen molar-refractivity contribution >= 4 is 23.6 Å². The number of hydrogen-bond donors (Lipinski definition) is 1. The molecule has 1 N–H and O–H groups in total. The maximum Gasteiger partial charge on any atom is 0.328 e. The number of carbonyl (C=O) groups is 2. The standard InChI is InChI=1S/C14H25NO3S/c1-4-5-6-7-8-9-13(16)15-12(10-11-19-3)14(17)18-2/h7-8,12H,4-6,9-11H2,1-3H3,(H,15,16)/t12-/m0/s1. The maximum absolute atomic E-state index is 11.7. The zero-order valence-corrected chi connectivity index (χ0v) is 12.9. The van der Waals surface area contributed by atoms with Crippen molar-refractivity contribution in [2.75, 3.05) is 19.1 Å². The Labute approximate surface area is 120 Å². The Balaban J connectivity index is 4.08. The van der Waals surface area contributed by atoms with Crippen LogP contribution in [0.15, 0.2) is 12.2 Å². The fourth-order valence-corrected chi connectivity index (χ4v) is 1.98. The first kappa shape index (κ1) is 18.0. The monoisotopic (exact) mass is 287 g/mol. The largest absolute Gasteiger partial charge is 0.467 e. The summed E-state index contributed by atoms with van der Waals surface area (Å²) < 4.78 is 4.69. The van der Waals surface area contributed by atoms with E-state index in [1.165, 1.54) is 7.11 Å². The zero-order valence-electron chi connectivity index (χ0n) is 12.1. The van der Waals surface area contributed by atoms with Crippen LogP contribution in [0.25, 0.3) is 0 Å². The summed E-state index contributed by atoms with van der Waals surface area (Å²) in [7, 11) is 1.34. The molecule has 0 aromatic rings. The maximum atomic E-state index is 11.7. The molecule has 19 heavy (non-hydrogen) atoms. The van der Waals surface area contributed by atoms with Gasteiger partial charge in [0, 0.05) is 6.42 Å². The summed E-state index contributed by atoms with van der Waals surface area (Å²) in [5, 5.41) is 2.72. The molecule has 0 saturated heterocycles. The van der Waals surface area contributed by atoms with E-state index in [9.17, 15) is 9.59 Å². The second-order valence-corrected chi connectivity index (χ2v) is 5.23. The molecule has 0 aromatic heterocycles. The van der Waals surface area contributed by atoms with Crippen LogP contribution in [0.5, 0.6) is 0 Å². The Bertz CT molecular complexity index is 292. The van der Waals surface area contributed by atoms with Gasteiger partial charge in [0.2, 0.25) is 5.91 Å². The average Bonchev–Trinajstić information content (AvgIpc) is 2.42. The van der Waals surface area contributed by atoms with Gasteiger partial charge in [-0.1, -0.05) is 31.9 Å². The summed E-state index contributed by atoms with van der Waals surface area (Å²) in [6.45, 7) is 2.13. The Hall–Kier alpha value is -0.970. The lowest BCUT2D eigenvalue weighted by molar-refractivity contribution is -0.145. The second kappa shape index (κ2) is 12.1. The van der Waals surface area contributed by atoms with Crippen LogP contribution in [0.3, 0.4) is 0 Å². The predicted molar refractivity (Wildman–Crippen MR) is 80.2 cm³/mol. The fraction of sp³-hybridized carbons (Fsp3) is 0.714. The number of methoxy groups -OCH3 is 1. The number of esters is 1. The molecule has 0 fully saturated rings. The first-order valence-corrected chi connectivity index (χ1v) is 8.06. The molecule has 0 bridgehead atoms. The highest BCUT2D eigenvalue weighted by atomic mass is 32.2. The molecule has 0 aliphatic carbocycles. The van der Waals surface area contributed by atoms with Gasteiger partial charge < -0.3 is 10.1 Å². The van der Waals surface area contributed by atoms with Crippen molar-refractivity contribution in [1.82, 2.24) is 5.32 Å². The number of unbranched alkanes of at least 4 members (excludes halogenated alkanes) is 2. The van der Waals surface area contributed by atoms with Crippen LogP contribution in [0, 0.1) is 0 Å². The third kappa shape index (κ3) is 9.59. The van der Waals surface area contributed by atoms with Gasteiger partial charge in [0.05, 0.1) is 7.11 Å². The Morgan fingerprint density at radius 2 is 2.11 bits per heavy atom. The van der Waals surface area contributed by atoms with Crippen molar-refractivity contribution in [3.63, 3.8) is 0 Å². The smallest absolute Gasteiger partial charge is 0.328 e. The van der Waals surface area contributed by atoms with Crippen LogP contribution >= 0.6 is 11.8 Å². The van der Waals surface area contributed by atoms with Gasteiger partial charge in [0.15, 0.2) is 0 Å².